The van der Waals surface area contributed by atoms with Gasteiger partial charge >= 0.3 is 5.97 Å². The van der Waals surface area contributed by atoms with E-state index in [0.29, 0.717) is 37.7 Å². The Morgan fingerprint density at radius 1 is 1.29 bits per heavy atom. The first-order chi connectivity index (χ1) is 13.6. The van der Waals surface area contributed by atoms with E-state index in [-0.39, 0.29) is 36.8 Å². The van der Waals surface area contributed by atoms with Gasteiger partial charge in [-0.25, -0.2) is 9.78 Å². The van der Waals surface area contributed by atoms with Crippen molar-refractivity contribution >= 4 is 5.97 Å². The first kappa shape index (κ1) is 20.8. The fraction of sp³-hybridized carbons (Fsp3) is 0.750. The van der Waals surface area contributed by atoms with Crippen molar-refractivity contribution in [3.8, 4) is 5.75 Å². The van der Waals surface area contributed by atoms with E-state index in [1.807, 2.05) is 6.92 Å². The molecule has 0 amide bonds. The minimum absolute atomic E-state index is 0.0331. The van der Waals surface area contributed by atoms with Crippen LogP contribution in [0.25, 0.3) is 0 Å². The SMILES string of the molecule is CCCCOc1c(C(=O)OCC)nc2n(c1=O)CC1CCC2(OCCO)CC1. The number of carbonyl (C=O) groups excluding carboxylic acids is 1. The zero-order valence-corrected chi connectivity index (χ0v) is 16.7. The number of unbranched alkanes of at least 4 members (excludes halogenated alkanes) is 1. The van der Waals surface area contributed by atoms with Crippen molar-refractivity contribution in [3.63, 3.8) is 0 Å². The Morgan fingerprint density at radius 2 is 2.04 bits per heavy atom. The topological polar surface area (TPSA) is 99.9 Å². The highest BCUT2D eigenvalue weighted by Crippen LogP contribution is 2.45. The molecular weight excluding hydrogens is 364 g/mol. The molecule has 0 spiro atoms. The molecule has 0 saturated heterocycles. The third-order valence-corrected chi connectivity index (χ3v) is 5.57. The summed E-state index contributed by atoms with van der Waals surface area (Å²) >= 11 is 0. The van der Waals surface area contributed by atoms with E-state index in [9.17, 15) is 14.7 Å². The quantitative estimate of drug-likeness (QED) is 0.505. The van der Waals surface area contributed by atoms with E-state index in [4.69, 9.17) is 14.2 Å². The lowest BCUT2D eigenvalue weighted by atomic mass is 9.80. The molecule has 1 aromatic heterocycles. The summed E-state index contributed by atoms with van der Waals surface area (Å²) in [6.45, 7) is 4.84. The average molecular weight is 394 g/mol. The second-order valence-corrected chi connectivity index (χ2v) is 7.46. The van der Waals surface area contributed by atoms with Gasteiger partial charge in [0, 0.05) is 6.54 Å². The molecule has 1 aliphatic carbocycles. The van der Waals surface area contributed by atoms with Gasteiger partial charge in [-0.05, 0) is 44.9 Å². The van der Waals surface area contributed by atoms with Crippen LogP contribution in [0.4, 0.5) is 0 Å². The molecule has 2 aliphatic heterocycles. The first-order valence-corrected chi connectivity index (χ1v) is 10.3. The number of carbonyl (C=O) groups is 1. The molecular formula is C20H30N2O6. The number of aromatic nitrogens is 2. The molecule has 2 bridgehead atoms. The van der Waals surface area contributed by atoms with Crippen LogP contribution in [0.2, 0.25) is 0 Å². The lowest BCUT2D eigenvalue weighted by molar-refractivity contribution is -0.0937. The van der Waals surface area contributed by atoms with Crippen molar-refractivity contribution < 1.29 is 24.1 Å². The molecule has 28 heavy (non-hydrogen) atoms. The van der Waals surface area contributed by atoms with Crippen LogP contribution in [0.3, 0.4) is 0 Å². The van der Waals surface area contributed by atoms with Crippen LogP contribution >= 0.6 is 0 Å². The summed E-state index contributed by atoms with van der Waals surface area (Å²) in [5, 5.41) is 9.26. The highest BCUT2D eigenvalue weighted by Gasteiger charge is 2.46. The summed E-state index contributed by atoms with van der Waals surface area (Å²) in [4.78, 5) is 30.5. The van der Waals surface area contributed by atoms with Gasteiger partial charge in [-0.3, -0.25) is 9.36 Å². The van der Waals surface area contributed by atoms with Gasteiger partial charge in [0.05, 0.1) is 26.4 Å². The number of nitrogens with zero attached hydrogens (tertiary/aromatic N) is 2. The zero-order valence-electron chi connectivity index (χ0n) is 16.7. The fourth-order valence-corrected chi connectivity index (χ4v) is 4.10. The number of hydrogen-bond donors (Lipinski definition) is 1. The first-order valence-electron chi connectivity index (χ1n) is 10.3. The summed E-state index contributed by atoms with van der Waals surface area (Å²) in [5.41, 5.74) is -1.19. The van der Waals surface area contributed by atoms with Crippen molar-refractivity contribution in [1.29, 1.82) is 0 Å². The summed E-state index contributed by atoms with van der Waals surface area (Å²) in [6, 6.07) is 0. The Hall–Kier alpha value is -1.93. The molecule has 0 unspecified atom stereocenters. The van der Waals surface area contributed by atoms with Crippen molar-refractivity contribution in [1.82, 2.24) is 9.55 Å². The van der Waals surface area contributed by atoms with Gasteiger partial charge in [-0.1, -0.05) is 13.3 Å². The highest BCUT2D eigenvalue weighted by atomic mass is 16.5. The molecule has 156 valence electrons. The predicted octanol–water partition coefficient (Wildman–Crippen LogP) is 2.01. The van der Waals surface area contributed by atoms with Crippen LogP contribution in [0.1, 0.15) is 68.7 Å². The van der Waals surface area contributed by atoms with E-state index in [1.165, 1.54) is 0 Å². The van der Waals surface area contributed by atoms with Crippen LogP contribution in [-0.2, 0) is 21.6 Å². The highest BCUT2D eigenvalue weighted by molar-refractivity contribution is 5.90. The smallest absolute Gasteiger partial charge is 0.361 e. The molecule has 1 saturated carbocycles. The van der Waals surface area contributed by atoms with Gasteiger partial charge in [0.25, 0.3) is 5.56 Å². The summed E-state index contributed by atoms with van der Waals surface area (Å²) in [7, 11) is 0. The molecule has 1 aromatic rings. The lowest BCUT2D eigenvalue weighted by Crippen LogP contribution is -2.39. The van der Waals surface area contributed by atoms with Crippen molar-refractivity contribution in [3.05, 3.63) is 21.9 Å². The van der Waals surface area contributed by atoms with Gasteiger partial charge < -0.3 is 19.3 Å². The van der Waals surface area contributed by atoms with Gasteiger partial charge in [-0.2, -0.15) is 0 Å². The van der Waals surface area contributed by atoms with Crippen LogP contribution in [-0.4, -0.2) is 47.1 Å². The van der Waals surface area contributed by atoms with Crippen LogP contribution < -0.4 is 10.3 Å². The lowest BCUT2D eigenvalue weighted by Gasteiger charge is -2.36. The molecule has 1 fully saturated rings. The zero-order chi connectivity index (χ0) is 20.1. The Morgan fingerprint density at radius 3 is 2.68 bits per heavy atom. The maximum absolute atomic E-state index is 13.3. The Kier molecular flexibility index (Phi) is 6.72. The number of aliphatic hydroxyl groups excluding tert-OH is 1. The molecule has 8 heteroatoms. The number of ether oxygens (including phenoxy) is 3. The van der Waals surface area contributed by atoms with Crippen molar-refractivity contribution in [2.75, 3.05) is 26.4 Å². The maximum Gasteiger partial charge on any atom is 0.361 e. The summed E-state index contributed by atoms with van der Waals surface area (Å²) in [5.74, 6) is 0.125. The molecule has 0 atom stereocenters. The average Bonchev–Trinajstić information content (AvgIpc) is 2.95. The maximum atomic E-state index is 13.3. The Labute approximate surface area is 164 Å². The fourth-order valence-electron chi connectivity index (χ4n) is 4.10. The normalized spacial score (nSPS) is 23.2. The molecule has 3 aliphatic rings. The van der Waals surface area contributed by atoms with E-state index in [0.717, 1.165) is 25.7 Å². The van der Waals surface area contributed by atoms with E-state index in [1.54, 1.807) is 11.5 Å². The minimum Gasteiger partial charge on any atom is -0.486 e. The number of rotatable bonds is 9. The predicted molar refractivity (Wildman–Crippen MR) is 102 cm³/mol. The molecule has 8 nitrogen and oxygen atoms in total. The van der Waals surface area contributed by atoms with Crippen molar-refractivity contribution in [2.24, 2.45) is 5.92 Å². The summed E-state index contributed by atoms with van der Waals surface area (Å²) < 4.78 is 18.5. The van der Waals surface area contributed by atoms with Gasteiger partial charge in [0.1, 0.15) is 11.4 Å². The van der Waals surface area contributed by atoms with Gasteiger partial charge in [-0.15, -0.1) is 0 Å². The third-order valence-electron chi connectivity index (χ3n) is 5.57. The molecule has 1 N–H and O–H groups in total. The van der Waals surface area contributed by atoms with Crippen molar-refractivity contribution in [2.45, 2.75) is 64.5 Å². The second-order valence-electron chi connectivity index (χ2n) is 7.46. The molecule has 0 aromatic carbocycles. The van der Waals surface area contributed by atoms with Gasteiger partial charge in [0.15, 0.2) is 5.69 Å². The molecule has 4 rings (SSSR count). The van der Waals surface area contributed by atoms with Crippen LogP contribution in [0.5, 0.6) is 5.75 Å². The Bertz CT molecular complexity index is 752. The minimum atomic E-state index is -0.766. The molecule has 0 radical (unpaired) electrons. The number of fused-ring (bicyclic) bond motifs is 2. The van der Waals surface area contributed by atoms with Crippen LogP contribution in [0.15, 0.2) is 4.79 Å². The van der Waals surface area contributed by atoms with Crippen LogP contribution in [0, 0.1) is 5.92 Å². The van der Waals surface area contributed by atoms with Gasteiger partial charge in [0.2, 0.25) is 5.75 Å². The third kappa shape index (κ3) is 3.93. The number of aliphatic hydroxyl groups is 1. The standard InChI is InChI=1S/C20H30N2O6/c1-3-5-11-27-16-15(18(25)26-4-2)21-19-20(28-12-10-23)8-6-14(7-9-20)13-22(19)17(16)24/h14,23H,3-13H2,1-2H3. The van der Waals surface area contributed by atoms with E-state index < -0.39 is 11.6 Å². The second kappa shape index (κ2) is 9.05. The summed E-state index contributed by atoms with van der Waals surface area (Å²) in [6.07, 6.45) is 4.93. The number of esters is 1. The number of hydrogen-bond acceptors (Lipinski definition) is 7. The molecule has 3 heterocycles. The monoisotopic (exact) mass is 394 g/mol. The largest absolute Gasteiger partial charge is 0.486 e. The van der Waals surface area contributed by atoms with E-state index in [2.05, 4.69) is 4.98 Å². The van der Waals surface area contributed by atoms with E-state index >= 15 is 0 Å². The Balaban J connectivity index is 2.13.